The van der Waals surface area contributed by atoms with E-state index >= 15 is 0 Å². The van der Waals surface area contributed by atoms with Crippen molar-refractivity contribution in [3.05, 3.63) is 35.9 Å². The Morgan fingerprint density at radius 3 is 2.58 bits per heavy atom. The van der Waals surface area contributed by atoms with Crippen molar-refractivity contribution in [2.75, 3.05) is 13.7 Å². The molecule has 0 spiro atoms. The largest absolute Gasteiger partial charge is 0.390 e. The van der Waals surface area contributed by atoms with Gasteiger partial charge in [0, 0.05) is 25.0 Å². The Labute approximate surface area is 156 Å². The van der Waals surface area contributed by atoms with Gasteiger partial charge in [-0.05, 0) is 0 Å². The van der Waals surface area contributed by atoms with Gasteiger partial charge in [0.25, 0.3) is 0 Å². The molecule has 142 valence electrons. The van der Waals surface area contributed by atoms with E-state index in [2.05, 4.69) is 31.1 Å². The van der Waals surface area contributed by atoms with Gasteiger partial charge >= 0.3 is 0 Å². The second kappa shape index (κ2) is 8.22. The van der Waals surface area contributed by atoms with E-state index in [0.717, 1.165) is 5.56 Å². The van der Waals surface area contributed by atoms with Crippen molar-refractivity contribution in [2.24, 2.45) is 5.92 Å². The average molecular weight is 377 g/mol. The number of aliphatic hydroxyl groups excluding tert-OH is 1. The molecule has 2 heterocycles. The third kappa shape index (κ3) is 4.55. The maximum Gasteiger partial charge on any atom is 0.184 e. The van der Waals surface area contributed by atoms with Crippen LogP contribution in [0.3, 0.4) is 0 Å². The Morgan fingerprint density at radius 2 is 1.92 bits per heavy atom. The molecule has 26 heavy (non-hydrogen) atoms. The summed E-state index contributed by atoms with van der Waals surface area (Å²) in [5, 5.41) is 11.0. The van der Waals surface area contributed by atoms with Crippen LogP contribution < -0.4 is 0 Å². The summed E-state index contributed by atoms with van der Waals surface area (Å²) in [6, 6.07) is 9.74. The van der Waals surface area contributed by atoms with Gasteiger partial charge in [0.15, 0.2) is 12.6 Å². The molecule has 0 unspecified atom stereocenters. The van der Waals surface area contributed by atoms with E-state index in [1.807, 2.05) is 30.3 Å². The van der Waals surface area contributed by atoms with Crippen LogP contribution in [0.25, 0.3) is 0 Å². The first-order valence-electron chi connectivity index (χ1n) is 9.07. The Morgan fingerprint density at radius 1 is 1.19 bits per heavy atom. The maximum absolute atomic E-state index is 11.0. The van der Waals surface area contributed by atoms with Crippen molar-refractivity contribution in [1.29, 1.82) is 0 Å². The van der Waals surface area contributed by atoms with Crippen LogP contribution in [0.1, 0.15) is 18.3 Å². The van der Waals surface area contributed by atoms with E-state index < -0.39 is 32.9 Å². The molecule has 2 fully saturated rings. The molecule has 2 aliphatic heterocycles. The van der Waals surface area contributed by atoms with Crippen LogP contribution in [0, 0.1) is 17.4 Å². The molecule has 1 aromatic carbocycles. The van der Waals surface area contributed by atoms with Gasteiger partial charge in [-0.2, -0.15) is 0 Å². The number of aliphatic hydroxyl groups is 1. The fourth-order valence-electron chi connectivity index (χ4n) is 3.31. The number of hydrogen-bond acceptors (Lipinski definition) is 5. The monoisotopic (exact) mass is 376 g/mol. The molecule has 3 rings (SSSR count). The fourth-order valence-corrected chi connectivity index (χ4v) is 3.94. The molecule has 0 radical (unpaired) electrons. The van der Waals surface area contributed by atoms with Gasteiger partial charge in [0.1, 0.15) is 20.3 Å². The van der Waals surface area contributed by atoms with Crippen LogP contribution in [0.5, 0.6) is 0 Å². The van der Waals surface area contributed by atoms with E-state index in [4.69, 9.17) is 18.9 Å². The zero-order chi connectivity index (χ0) is 18.7. The van der Waals surface area contributed by atoms with Crippen molar-refractivity contribution in [2.45, 2.75) is 57.0 Å². The summed E-state index contributed by atoms with van der Waals surface area (Å²) < 4.78 is 23.3. The first-order chi connectivity index (χ1) is 12.4. The number of fused-ring (bicyclic) bond motifs is 1. The van der Waals surface area contributed by atoms with E-state index in [0.29, 0.717) is 13.0 Å². The average Bonchev–Trinajstić information content (AvgIpc) is 2.63. The number of hydrogen-bond donors (Lipinski definition) is 1. The van der Waals surface area contributed by atoms with Crippen LogP contribution in [0.4, 0.5) is 0 Å². The Hall–Kier alpha value is -1.20. The predicted octanol–water partition coefficient (Wildman–Crippen LogP) is 2.72. The first kappa shape index (κ1) is 19.6. The highest BCUT2D eigenvalue weighted by molar-refractivity contribution is 6.83. The van der Waals surface area contributed by atoms with Gasteiger partial charge in [-0.3, -0.25) is 0 Å². The minimum Gasteiger partial charge on any atom is -0.390 e. The van der Waals surface area contributed by atoms with Gasteiger partial charge in [-0.25, -0.2) is 0 Å². The van der Waals surface area contributed by atoms with Crippen LogP contribution in [-0.4, -0.2) is 51.5 Å². The number of rotatable bonds is 3. The van der Waals surface area contributed by atoms with Gasteiger partial charge < -0.3 is 24.1 Å². The molecule has 0 saturated carbocycles. The van der Waals surface area contributed by atoms with Crippen molar-refractivity contribution in [3.8, 4) is 11.5 Å². The van der Waals surface area contributed by atoms with E-state index in [1.54, 1.807) is 7.11 Å². The highest BCUT2D eigenvalue weighted by Gasteiger charge is 2.49. The number of benzene rings is 1. The highest BCUT2D eigenvalue weighted by atomic mass is 28.3. The van der Waals surface area contributed by atoms with Gasteiger partial charge in [0.2, 0.25) is 0 Å². The Balaban J connectivity index is 1.73. The molecule has 6 atom stereocenters. The maximum atomic E-state index is 11.0. The van der Waals surface area contributed by atoms with Crippen molar-refractivity contribution in [1.82, 2.24) is 0 Å². The molecule has 1 aromatic rings. The summed E-state index contributed by atoms with van der Waals surface area (Å²) >= 11 is 0. The molecular formula is C20H28O5Si. The summed E-state index contributed by atoms with van der Waals surface area (Å²) in [4.78, 5) is 0. The second-order valence-corrected chi connectivity index (χ2v) is 12.6. The minimum atomic E-state index is -1.46. The molecule has 0 bridgehead atoms. The lowest BCUT2D eigenvalue weighted by Gasteiger charge is -2.47. The normalized spacial score (nSPS) is 34.5. The van der Waals surface area contributed by atoms with E-state index in [9.17, 15) is 5.11 Å². The molecule has 0 amide bonds. The Kier molecular flexibility index (Phi) is 6.18. The lowest BCUT2D eigenvalue weighted by molar-refractivity contribution is -0.350. The molecular weight excluding hydrogens is 348 g/mol. The van der Waals surface area contributed by atoms with Gasteiger partial charge in [-0.15, -0.1) is 11.5 Å². The minimum absolute atomic E-state index is 0.250. The molecule has 2 saturated heterocycles. The fraction of sp³-hybridized carbons (Fsp3) is 0.600. The molecule has 6 heteroatoms. The first-order valence-corrected chi connectivity index (χ1v) is 12.6. The molecule has 1 N–H and O–H groups in total. The predicted molar refractivity (Wildman–Crippen MR) is 101 cm³/mol. The SMILES string of the molecule is CO[C@H]1O[C@@H]2CO[C@@H](c3ccccc3)O[C@H]2[C@@H](O)[C@@H]1CC#C[Si](C)(C)C. The van der Waals surface area contributed by atoms with E-state index in [1.165, 1.54) is 0 Å². The van der Waals surface area contributed by atoms with Crippen molar-refractivity contribution >= 4 is 8.07 Å². The summed E-state index contributed by atoms with van der Waals surface area (Å²) in [6.07, 6.45) is -2.01. The smallest absolute Gasteiger partial charge is 0.184 e. The van der Waals surface area contributed by atoms with Crippen LogP contribution in [0.2, 0.25) is 19.6 Å². The zero-order valence-electron chi connectivity index (χ0n) is 15.8. The van der Waals surface area contributed by atoms with Crippen LogP contribution in [-0.2, 0) is 18.9 Å². The molecule has 2 aliphatic rings. The summed E-state index contributed by atoms with van der Waals surface area (Å²) in [5.41, 5.74) is 4.27. The molecule has 0 aromatic heterocycles. The quantitative estimate of drug-likeness (QED) is 0.649. The molecule has 0 aliphatic carbocycles. The standard InChI is InChI=1S/C20H28O5Si/c1-22-20-15(11-8-12-26(2,3)4)17(21)18-16(24-20)13-23-19(25-18)14-9-6-5-7-10-14/h5-7,9-10,15-21H,11,13H2,1-4H3/t15-,16+,17-,18+,19+,20-/m0/s1. The topological polar surface area (TPSA) is 57.2 Å². The van der Waals surface area contributed by atoms with Crippen LogP contribution >= 0.6 is 0 Å². The second-order valence-electron chi connectivity index (χ2n) is 7.87. The van der Waals surface area contributed by atoms with Crippen molar-refractivity contribution in [3.63, 3.8) is 0 Å². The Bertz CT molecular complexity index is 648. The highest BCUT2D eigenvalue weighted by Crippen LogP contribution is 2.37. The van der Waals surface area contributed by atoms with Gasteiger partial charge in [0.05, 0.1) is 12.7 Å². The number of methoxy groups -OCH3 is 1. The number of ether oxygens (including phenoxy) is 4. The van der Waals surface area contributed by atoms with Crippen LogP contribution in [0.15, 0.2) is 30.3 Å². The lowest BCUT2D eigenvalue weighted by Crippen LogP contribution is -2.59. The summed E-state index contributed by atoms with van der Waals surface area (Å²) in [5.74, 6) is 2.98. The molecule has 5 nitrogen and oxygen atoms in total. The van der Waals surface area contributed by atoms with E-state index in [-0.39, 0.29) is 12.0 Å². The lowest BCUT2D eigenvalue weighted by atomic mass is 9.88. The third-order valence-corrected chi connectivity index (χ3v) is 5.52. The van der Waals surface area contributed by atoms with Crippen molar-refractivity contribution < 1.29 is 24.1 Å². The summed E-state index contributed by atoms with van der Waals surface area (Å²) in [6.45, 7) is 6.95. The summed E-state index contributed by atoms with van der Waals surface area (Å²) in [7, 11) is 0.130. The van der Waals surface area contributed by atoms with Gasteiger partial charge in [-0.1, -0.05) is 50.0 Å². The zero-order valence-corrected chi connectivity index (χ0v) is 16.8. The third-order valence-electron chi connectivity index (χ3n) is 4.60.